The number of nitrogens with one attached hydrogen (secondary N) is 1. The van der Waals surface area contributed by atoms with E-state index in [1.807, 2.05) is 6.07 Å². The minimum Gasteiger partial charge on any atom is -0.465 e. The van der Waals surface area contributed by atoms with Crippen molar-refractivity contribution in [3.63, 3.8) is 0 Å². The second-order valence-corrected chi connectivity index (χ2v) is 5.16. The highest BCUT2D eigenvalue weighted by Gasteiger charge is 2.56. The number of Topliss-reactive ketones (excluding diaryl/α,β-unsaturated/α-hetero) is 1. The molecule has 0 saturated carbocycles. The van der Waals surface area contributed by atoms with Crippen LogP contribution in [-0.2, 0) is 24.5 Å². The van der Waals surface area contributed by atoms with Gasteiger partial charge in [0.25, 0.3) is 0 Å². The number of benzene rings is 1. The molecule has 0 radical (unpaired) electrons. The van der Waals surface area contributed by atoms with Gasteiger partial charge in [-0.25, -0.2) is 0 Å². The monoisotopic (exact) mass is 300 g/mol. The molecule has 0 aliphatic carbocycles. The van der Waals surface area contributed by atoms with Gasteiger partial charge in [0, 0.05) is 12.1 Å². The molecule has 0 bridgehead atoms. The number of nitrogens with zero attached hydrogens (tertiary/aromatic N) is 1. The largest absolute Gasteiger partial charge is 0.465 e. The standard InChI is InChI=1S/C16H16N2O4/c1-3-22-14(20)12(9-17)16(8-10(2)19)11-6-4-5-7-13(11)18-15(16)21/h4-7,12H,3,8H2,1-2H3,(H,18,21). The van der Waals surface area contributed by atoms with Crippen molar-refractivity contribution in [3.8, 4) is 6.07 Å². The molecule has 22 heavy (non-hydrogen) atoms. The minimum absolute atomic E-state index is 0.0937. The highest BCUT2D eigenvalue weighted by Crippen LogP contribution is 2.46. The van der Waals surface area contributed by atoms with Gasteiger partial charge in [-0.1, -0.05) is 18.2 Å². The first-order valence-electron chi connectivity index (χ1n) is 6.94. The van der Waals surface area contributed by atoms with E-state index >= 15 is 0 Å². The van der Waals surface area contributed by atoms with Gasteiger partial charge < -0.3 is 10.1 Å². The number of amides is 1. The molecule has 1 aliphatic heterocycles. The number of hydrogen-bond donors (Lipinski definition) is 1. The van der Waals surface area contributed by atoms with Gasteiger partial charge in [-0.15, -0.1) is 0 Å². The highest BCUT2D eigenvalue weighted by molar-refractivity contribution is 6.11. The highest BCUT2D eigenvalue weighted by atomic mass is 16.5. The van der Waals surface area contributed by atoms with Crippen LogP contribution in [0.3, 0.4) is 0 Å². The molecule has 1 aromatic rings. The van der Waals surface area contributed by atoms with Crippen molar-refractivity contribution in [2.24, 2.45) is 5.92 Å². The lowest BCUT2D eigenvalue weighted by atomic mass is 9.68. The van der Waals surface area contributed by atoms with E-state index in [4.69, 9.17) is 4.74 Å². The predicted molar refractivity (Wildman–Crippen MR) is 77.8 cm³/mol. The third kappa shape index (κ3) is 2.35. The number of hydrogen-bond acceptors (Lipinski definition) is 5. The molecule has 1 amide bonds. The molecule has 2 unspecified atom stereocenters. The van der Waals surface area contributed by atoms with Gasteiger partial charge in [0.1, 0.15) is 11.2 Å². The molecule has 2 atom stereocenters. The first kappa shape index (κ1) is 15.7. The normalized spacial score (nSPS) is 20.5. The Morgan fingerprint density at radius 3 is 2.68 bits per heavy atom. The number of ether oxygens (including phenoxy) is 1. The molecule has 1 N–H and O–H groups in total. The Balaban J connectivity index is 2.63. The SMILES string of the molecule is CCOC(=O)C(C#N)C1(CC(C)=O)C(=O)Nc2ccccc21. The molecular formula is C16H16N2O4. The van der Waals surface area contributed by atoms with Crippen molar-refractivity contribution in [1.29, 1.82) is 5.26 Å². The van der Waals surface area contributed by atoms with E-state index in [9.17, 15) is 19.6 Å². The summed E-state index contributed by atoms with van der Waals surface area (Å²) in [6, 6.07) is 8.62. The second kappa shape index (κ2) is 5.98. The van der Waals surface area contributed by atoms with Gasteiger partial charge in [0.05, 0.1) is 12.7 Å². The van der Waals surface area contributed by atoms with Crippen molar-refractivity contribution in [1.82, 2.24) is 0 Å². The fraction of sp³-hybridized carbons (Fsp3) is 0.375. The summed E-state index contributed by atoms with van der Waals surface area (Å²) in [5, 5.41) is 12.1. The molecule has 6 heteroatoms. The van der Waals surface area contributed by atoms with Crippen LogP contribution in [0.15, 0.2) is 24.3 Å². The van der Waals surface area contributed by atoms with Crippen LogP contribution in [0.4, 0.5) is 5.69 Å². The van der Waals surface area contributed by atoms with Crippen LogP contribution < -0.4 is 5.32 Å². The van der Waals surface area contributed by atoms with Crippen LogP contribution in [0, 0.1) is 17.2 Å². The fourth-order valence-electron chi connectivity index (χ4n) is 2.88. The zero-order valence-electron chi connectivity index (χ0n) is 12.4. The molecule has 2 rings (SSSR count). The Labute approximate surface area is 128 Å². The molecule has 0 fully saturated rings. The number of carbonyl (C=O) groups is 3. The molecule has 1 aromatic carbocycles. The summed E-state index contributed by atoms with van der Waals surface area (Å²) in [7, 11) is 0. The Kier molecular flexibility index (Phi) is 4.27. The topological polar surface area (TPSA) is 96.3 Å². The summed E-state index contributed by atoms with van der Waals surface area (Å²) in [5.74, 6) is -2.97. The third-order valence-electron chi connectivity index (χ3n) is 3.73. The Morgan fingerprint density at radius 1 is 1.41 bits per heavy atom. The molecular weight excluding hydrogens is 284 g/mol. The van der Waals surface area contributed by atoms with Crippen LogP contribution in [0.1, 0.15) is 25.8 Å². The van der Waals surface area contributed by atoms with Crippen molar-refractivity contribution >= 4 is 23.3 Å². The van der Waals surface area contributed by atoms with Crippen LogP contribution in [0.25, 0.3) is 0 Å². The summed E-state index contributed by atoms with van der Waals surface area (Å²) >= 11 is 0. The van der Waals surface area contributed by atoms with Crippen molar-refractivity contribution in [2.45, 2.75) is 25.7 Å². The van der Waals surface area contributed by atoms with E-state index in [-0.39, 0.29) is 18.8 Å². The Hall–Kier alpha value is -2.68. The number of carbonyl (C=O) groups excluding carboxylic acids is 3. The minimum atomic E-state index is -1.54. The quantitative estimate of drug-likeness (QED) is 0.832. The van der Waals surface area contributed by atoms with Crippen molar-refractivity contribution in [3.05, 3.63) is 29.8 Å². The van der Waals surface area contributed by atoms with Crippen LogP contribution in [-0.4, -0.2) is 24.3 Å². The van der Waals surface area contributed by atoms with Gasteiger partial charge in [0.2, 0.25) is 5.91 Å². The summed E-state index contributed by atoms with van der Waals surface area (Å²) in [6.45, 7) is 3.04. The fourth-order valence-corrected chi connectivity index (χ4v) is 2.88. The van der Waals surface area contributed by atoms with Crippen LogP contribution in [0.2, 0.25) is 0 Å². The number of fused-ring (bicyclic) bond motifs is 1. The summed E-state index contributed by atoms with van der Waals surface area (Å²) < 4.78 is 4.92. The molecule has 6 nitrogen and oxygen atoms in total. The van der Waals surface area contributed by atoms with Crippen molar-refractivity contribution < 1.29 is 19.1 Å². The smallest absolute Gasteiger partial charge is 0.324 e. The maximum Gasteiger partial charge on any atom is 0.324 e. The zero-order chi connectivity index (χ0) is 16.3. The summed E-state index contributed by atoms with van der Waals surface area (Å²) in [4.78, 5) is 36.5. The predicted octanol–water partition coefficient (Wildman–Crippen LogP) is 1.56. The van der Waals surface area contributed by atoms with Crippen molar-refractivity contribution in [2.75, 3.05) is 11.9 Å². The number of anilines is 1. The van der Waals surface area contributed by atoms with E-state index < -0.39 is 23.2 Å². The van der Waals surface area contributed by atoms with E-state index in [0.29, 0.717) is 11.3 Å². The lowest BCUT2D eigenvalue weighted by Gasteiger charge is -2.29. The van der Waals surface area contributed by atoms with Gasteiger partial charge in [-0.05, 0) is 25.5 Å². The average Bonchev–Trinajstić information content (AvgIpc) is 2.73. The number of nitriles is 1. The molecule has 1 heterocycles. The van der Waals surface area contributed by atoms with Gasteiger partial charge in [-0.3, -0.25) is 14.4 Å². The zero-order valence-corrected chi connectivity index (χ0v) is 12.4. The number of ketones is 1. The Morgan fingerprint density at radius 2 is 2.09 bits per heavy atom. The van der Waals surface area contributed by atoms with E-state index in [1.165, 1.54) is 6.92 Å². The lowest BCUT2D eigenvalue weighted by Crippen LogP contribution is -2.46. The van der Waals surface area contributed by atoms with Gasteiger partial charge >= 0.3 is 5.97 Å². The van der Waals surface area contributed by atoms with E-state index in [1.54, 1.807) is 31.2 Å². The number of esters is 1. The maximum absolute atomic E-state index is 12.6. The number of para-hydroxylation sites is 1. The first-order valence-corrected chi connectivity index (χ1v) is 6.94. The first-order chi connectivity index (χ1) is 10.5. The number of rotatable bonds is 5. The van der Waals surface area contributed by atoms with Gasteiger partial charge in [-0.2, -0.15) is 5.26 Å². The Bertz CT molecular complexity index is 677. The molecule has 1 aliphatic rings. The van der Waals surface area contributed by atoms with E-state index in [0.717, 1.165) is 0 Å². The van der Waals surface area contributed by atoms with Crippen LogP contribution in [0.5, 0.6) is 0 Å². The lowest BCUT2D eigenvalue weighted by molar-refractivity contribution is -0.150. The molecule has 114 valence electrons. The molecule has 0 saturated heterocycles. The third-order valence-corrected chi connectivity index (χ3v) is 3.73. The molecule has 0 aromatic heterocycles. The van der Waals surface area contributed by atoms with Crippen LogP contribution >= 0.6 is 0 Å². The summed E-state index contributed by atoms with van der Waals surface area (Å²) in [5.41, 5.74) is -0.545. The molecule has 0 spiro atoms. The second-order valence-electron chi connectivity index (χ2n) is 5.16. The van der Waals surface area contributed by atoms with E-state index in [2.05, 4.69) is 5.32 Å². The average molecular weight is 300 g/mol. The van der Waals surface area contributed by atoms with Gasteiger partial charge in [0.15, 0.2) is 5.92 Å². The maximum atomic E-state index is 12.6. The summed E-state index contributed by atoms with van der Waals surface area (Å²) in [6.07, 6.45) is -0.229.